The third-order valence-corrected chi connectivity index (χ3v) is 4.69. The lowest BCUT2D eigenvalue weighted by atomic mass is 10.1. The molecule has 26 heavy (non-hydrogen) atoms. The van der Waals surface area contributed by atoms with Gasteiger partial charge in [-0.05, 0) is 24.8 Å². The molecule has 7 nitrogen and oxygen atoms in total. The van der Waals surface area contributed by atoms with Crippen molar-refractivity contribution >= 4 is 22.8 Å². The molecular formula is C19H22N6O. The Bertz CT molecular complexity index is 885. The van der Waals surface area contributed by atoms with E-state index in [-0.39, 0.29) is 12.5 Å². The van der Waals surface area contributed by atoms with Crippen molar-refractivity contribution < 1.29 is 4.79 Å². The van der Waals surface area contributed by atoms with Crippen LogP contribution >= 0.6 is 0 Å². The normalized spacial score (nSPS) is 14.5. The number of rotatable bonds is 5. The fourth-order valence-electron chi connectivity index (χ4n) is 3.34. The van der Waals surface area contributed by atoms with Crippen molar-refractivity contribution in [1.29, 1.82) is 0 Å². The maximum Gasteiger partial charge on any atom is 0.242 e. The van der Waals surface area contributed by atoms with Gasteiger partial charge in [-0.3, -0.25) is 4.79 Å². The van der Waals surface area contributed by atoms with Gasteiger partial charge in [0.2, 0.25) is 5.91 Å². The highest BCUT2D eigenvalue weighted by Gasteiger charge is 2.18. The van der Waals surface area contributed by atoms with E-state index in [4.69, 9.17) is 0 Å². The monoisotopic (exact) mass is 350 g/mol. The average molecular weight is 350 g/mol. The molecule has 3 aromatic rings. The van der Waals surface area contributed by atoms with Crippen LogP contribution in [0.5, 0.6) is 0 Å². The van der Waals surface area contributed by atoms with Crippen molar-refractivity contribution in [1.82, 2.24) is 25.1 Å². The predicted molar refractivity (Wildman–Crippen MR) is 99.7 cm³/mol. The number of benzene rings is 1. The molecule has 1 fully saturated rings. The molecule has 0 spiro atoms. The summed E-state index contributed by atoms with van der Waals surface area (Å²) in [5.41, 5.74) is 1.77. The number of carbonyl (C=O) groups excluding carboxylic acids is 1. The van der Waals surface area contributed by atoms with Crippen LogP contribution in [0.1, 0.15) is 24.8 Å². The highest BCUT2D eigenvalue weighted by Crippen LogP contribution is 2.25. The Balaban J connectivity index is 1.47. The molecule has 1 aliphatic heterocycles. The average Bonchev–Trinajstić information content (AvgIpc) is 3.11. The minimum atomic E-state index is -0.0861. The van der Waals surface area contributed by atoms with Gasteiger partial charge in [0.05, 0.1) is 11.6 Å². The lowest BCUT2D eigenvalue weighted by molar-refractivity contribution is -0.121. The number of piperidine rings is 1. The molecule has 1 N–H and O–H groups in total. The highest BCUT2D eigenvalue weighted by molar-refractivity contribution is 5.87. The third kappa shape index (κ3) is 3.51. The summed E-state index contributed by atoms with van der Waals surface area (Å²) < 4.78 is 1.64. The second-order valence-electron chi connectivity index (χ2n) is 6.55. The summed E-state index contributed by atoms with van der Waals surface area (Å²) in [5.74, 6) is 0.836. The Hall–Kier alpha value is -2.96. The Morgan fingerprint density at radius 3 is 2.69 bits per heavy atom. The summed E-state index contributed by atoms with van der Waals surface area (Å²) in [5, 5.41) is 8.21. The first-order valence-corrected chi connectivity index (χ1v) is 9.03. The van der Waals surface area contributed by atoms with Crippen LogP contribution in [0, 0.1) is 0 Å². The van der Waals surface area contributed by atoms with Gasteiger partial charge in [-0.2, -0.15) is 5.10 Å². The Labute approximate surface area is 152 Å². The molecule has 1 saturated heterocycles. The smallest absolute Gasteiger partial charge is 0.242 e. The number of hydrogen-bond acceptors (Lipinski definition) is 5. The molecule has 1 aliphatic rings. The van der Waals surface area contributed by atoms with E-state index < -0.39 is 0 Å². The zero-order chi connectivity index (χ0) is 17.8. The van der Waals surface area contributed by atoms with Gasteiger partial charge in [-0.25, -0.2) is 14.6 Å². The molecule has 3 heterocycles. The molecule has 7 heteroatoms. The molecular weight excluding hydrogens is 328 g/mol. The van der Waals surface area contributed by atoms with Gasteiger partial charge in [-0.15, -0.1) is 0 Å². The van der Waals surface area contributed by atoms with Crippen LogP contribution in [0.15, 0.2) is 42.9 Å². The quantitative estimate of drug-likeness (QED) is 0.763. The Morgan fingerprint density at radius 2 is 1.88 bits per heavy atom. The van der Waals surface area contributed by atoms with Gasteiger partial charge in [0, 0.05) is 19.6 Å². The number of hydrogen-bond donors (Lipinski definition) is 1. The van der Waals surface area contributed by atoms with Gasteiger partial charge in [-0.1, -0.05) is 30.3 Å². The molecule has 0 unspecified atom stereocenters. The molecule has 0 saturated carbocycles. The van der Waals surface area contributed by atoms with Crippen molar-refractivity contribution in [3.8, 4) is 0 Å². The van der Waals surface area contributed by atoms with E-state index in [1.54, 1.807) is 17.2 Å². The lowest BCUT2D eigenvalue weighted by Gasteiger charge is -2.27. The number of fused-ring (bicyclic) bond motifs is 1. The molecule has 1 amide bonds. The van der Waals surface area contributed by atoms with Crippen LogP contribution in [-0.2, 0) is 17.9 Å². The van der Waals surface area contributed by atoms with Gasteiger partial charge < -0.3 is 10.2 Å². The third-order valence-electron chi connectivity index (χ3n) is 4.69. The summed E-state index contributed by atoms with van der Waals surface area (Å²) >= 11 is 0. The van der Waals surface area contributed by atoms with Gasteiger partial charge in [0.15, 0.2) is 5.65 Å². The summed E-state index contributed by atoms with van der Waals surface area (Å²) in [7, 11) is 0. The molecule has 0 atom stereocenters. The first-order chi connectivity index (χ1) is 12.8. The summed E-state index contributed by atoms with van der Waals surface area (Å²) in [6.07, 6.45) is 6.96. The fourth-order valence-corrected chi connectivity index (χ4v) is 3.34. The van der Waals surface area contributed by atoms with E-state index in [1.165, 1.54) is 19.3 Å². The molecule has 134 valence electrons. The standard InChI is InChI=1S/C19H22N6O/c26-17(20-11-15-7-3-1-4-8-15)13-25-19-16(12-23-25)18(21-14-22-19)24-9-5-2-6-10-24/h1,3-4,7-8,12,14H,2,5-6,9-11,13H2,(H,20,26). The van der Waals surface area contributed by atoms with Crippen molar-refractivity contribution in [2.75, 3.05) is 18.0 Å². The molecule has 0 radical (unpaired) electrons. The molecule has 2 aromatic heterocycles. The Kier molecular flexibility index (Phi) is 4.77. The van der Waals surface area contributed by atoms with E-state index >= 15 is 0 Å². The molecule has 0 aliphatic carbocycles. The fraction of sp³-hybridized carbons (Fsp3) is 0.368. The van der Waals surface area contributed by atoms with Crippen molar-refractivity contribution in [3.63, 3.8) is 0 Å². The van der Waals surface area contributed by atoms with Crippen molar-refractivity contribution in [2.24, 2.45) is 0 Å². The number of nitrogens with one attached hydrogen (secondary N) is 1. The van der Waals surface area contributed by atoms with E-state index in [0.29, 0.717) is 12.2 Å². The van der Waals surface area contributed by atoms with Crippen LogP contribution in [-0.4, -0.2) is 38.7 Å². The SMILES string of the molecule is O=C(Cn1ncc2c(N3CCCCC3)ncnc21)NCc1ccccc1. The van der Waals surface area contributed by atoms with Crippen LogP contribution in [0.3, 0.4) is 0 Å². The second-order valence-corrected chi connectivity index (χ2v) is 6.55. The second kappa shape index (κ2) is 7.51. The topological polar surface area (TPSA) is 75.9 Å². The zero-order valence-electron chi connectivity index (χ0n) is 14.6. The van der Waals surface area contributed by atoms with E-state index in [9.17, 15) is 4.79 Å². The summed E-state index contributed by atoms with van der Waals surface area (Å²) in [4.78, 5) is 23.4. The number of aromatic nitrogens is 4. The van der Waals surface area contributed by atoms with E-state index in [0.717, 1.165) is 29.9 Å². The lowest BCUT2D eigenvalue weighted by Crippen LogP contribution is -2.30. The van der Waals surface area contributed by atoms with Crippen LogP contribution in [0.2, 0.25) is 0 Å². The predicted octanol–water partition coefficient (Wildman–Crippen LogP) is 2.13. The number of carbonyl (C=O) groups is 1. The molecule has 1 aromatic carbocycles. The van der Waals surface area contributed by atoms with Crippen LogP contribution < -0.4 is 10.2 Å². The number of amides is 1. The minimum absolute atomic E-state index is 0.0861. The maximum atomic E-state index is 12.3. The Morgan fingerprint density at radius 1 is 1.08 bits per heavy atom. The molecule has 0 bridgehead atoms. The number of anilines is 1. The van der Waals surface area contributed by atoms with Crippen molar-refractivity contribution in [2.45, 2.75) is 32.4 Å². The largest absolute Gasteiger partial charge is 0.356 e. The summed E-state index contributed by atoms with van der Waals surface area (Å²) in [6, 6.07) is 9.85. The van der Waals surface area contributed by atoms with Crippen molar-refractivity contribution in [3.05, 3.63) is 48.4 Å². The first-order valence-electron chi connectivity index (χ1n) is 9.03. The number of nitrogens with zero attached hydrogens (tertiary/aromatic N) is 5. The van der Waals surface area contributed by atoms with Gasteiger partial charge in [0.25, 0.3) is 0 Å². The van der Waals surface area contributed by atoms with E-state index in [2.05, 4.69) is 25.3 Å². The van der Waals surface area contributed by atoms with Crippen LogP contribution in [0.4, 0.5) is 5.82 Å². The van der Waals surface area contributed by atoms with Gasteiger partial charge >= 0.3 is 0 Å². The highest BCUT2D eigenvalue weighted by atomic mass is 16.2. The summed E-state index contributed by atoms with van der Waals surface area (Å²) in [6.45, 7) is 2.67. The maximum absolute atomic E-state index is 12.3. The zero-order valence-corrected chi connectivity index (χ0v) is 14.6. The molecule has 4 rings (SSSR count). The first kappa shape index (κ1) is 16.5. The van der Waals surface area contributed by atoms with E-state index in [1.807, 2.05) is 30.3 Å². The van der Waals surface area contributed by atoms with Crippen LogP contribution in [0.25, 0.3) is 11.0 Å². The van der Waals surface area contributed by atoms with Gasteiger partial charge in [0.1, 0.15) is 18.7 Å². The minimum Gasteiger partial charge on any atom is -0.356 e.